The van der Waals surface area contributed by atoms with Gasteiger partial charge in [-0.25, -0.2) is 0 Å². The van der Waals surface area contributed by atoms with Crippen LogP contribution in [0, 0.1) is 11.8 Å². The van der Waals surface area contributed by atoms with Crippen molar-refractivity contribution >= 4 is 133 Å². The number of unbranched alkanes of at least 4 members (excludes halogenated alkanes) is 2. The van der Waals surface area contributed by atoms with Gasteiger partial charge in [-0.05, 0) is 24.7 Å². The van der Waals surface area contributed by atoms with Crippen LogP contribution in [0.4, 0.5) is 0 Å². The molecule has 0 heterocycles. The van der Waals surface area contributed by atoms with E-state index in [0.717, 1.165) is 51.4 Å². The number of carboxylic acids is 1. The average Bonchev–Trinajstić information content (AvgIpc) is 2.84. The Morgan fingerprint density at radius 1 is 0.698 bits per heavy atom. The van der Waals surface area contributed by atoms with E-state index in [9.17, 15) is 40.6 Å². The van der Waals surface area contributed by atoms with Gasteiger partial charge in [0, 0.05) is 0 Å². The Hall–Kier alpha value is 0.700. The van der Waals surface area contributed by atoms with E-state index < -0.39 is 68.9 Å². The van der Waals surface area contributed by atoms with Crippen LogP contribution in [0.25, 0.3) is 0 Å². The molecule has 3 atom stereocenters. The molecular formula is C24H47Na3O14S2. The topological polar surface area (TPSA) is 225 Å². The summed E-state index contributed by atoms with van der Waals surface area (Å²) in [5.74, 6) is -4.17. The zero-order valence-corrected chi connectivity index (χ0v) is 25.2. The van der Waals surface area contributed by atoms with Gasteiger partial charge >= 0.3 is 123 Å². The first kappa shape index (κ1) is 53.2. The average molecular weight is 693 g/mol. The van der Waals surface area contributed by atoms with Crippen molar-refractivity contribution < 1.29 is 63.9 Å². The molecule has 0 aromatic carbocycles. The van der Waals surface area contributed by atoms with Crippen LogP contribution in [-0.4, -0.2) is 162 Å². The minimum atomic E-state index is -4.81. The molecule has 3 unspecified atom stereocenters. The Kier molecular flexibility index (Phi) is 37.2. The van der Waals surface area contributed by atoms with Crippen LogP contribution in [0.1, 0.15) is 98.3 Å². The summed E-state index contributed by atoms with van der Waals surface area (Å²) >= 11 is 0. The van der Waals surface area contributed by atoms with Crippen molar-refractivity contribution in [2.75, 3.05) is 13.2 Å². The molecule has 0 saturated heterocycles. The Morgan fingerprint density at radius 3 is 1.49 bits per heavy atom. The van der Waals surface area contributed by atoms with E-state index in [2.05, 4.69) is 18.0 Å². The van der Waals surface area contributed by atoms with Gasteiger partial charge in [0.05, 0.1) is 32.5 Å². The van der Waals surface area contributed by atoms with Gasteiger partial charge in [-0.3, -0.25) is 28.3 Å². The van der Waals surface area contributed by atoms with Gasteiger partial charge in [0.2, 0.25) is 0 Å². The summed E-state index contributed by atoms with van der Waals surface area (Å²) in [6, 6.07) is 0. The van der Waals surface area contributed by atoms with Crippen molar-refractivity contribution in [3.05, 3.63) is 0 Å². The fourth-order valence-electron chi connectivity index (χ4n) is 3.19. The molecule has 0 saturated carbocycles. The Labute approximate surface area is 322 Å². The molecule has 0 spiro atoms. The van der Waals surface area contributed by atoms with Crippen molar-refractivity contribution in [2.24, 2.45) is 11.8 Å². The van der Waals surface area contributed by atoms with Gasteiger partial charge in [0.25, 0.3) is 10.1 Å². The molecule has 0 bridgehead atoms. The number of hydrogen-bond donors (Lipinski definition) is 3. The molecule has 0 rings (SSSR count). The van der Waals surface area contributed by atoms with Gasteiger partial charge in [-0.2, -0.15) is 16.8 Å². The maximum atomic E-state index is 12.2. The Morgan fingerprint density at radius 2 is 1.14 bits per heavy atom. The predicted octanol–water partition coefficient (Wildman–Crippen LogP) is 1.40. The molecule has 0 aliphatic heterocycles. The number of rotatable bonds is 20. The molecule has 43 heavy (non-hydrogen) atoms. The molecule has 0 fully saturated rings. The second kappa shape index (κ2) is 30.1. The van der Waals surface area contributed by atoms with Crippen molar-refractivity contribution in [3.63, 3.8) is 0 Å². The van der Waals surface area contributed by atoms with Crippen LogP contribution in [-0.2, 0) is 53.4 Å². The molecule has 3 N–H and O–H groups in total. The van der Waals surface area contributed by atoms with Gasteiger partial charge in [-0.1, -0.05) is 66.2 Å². The third-order valence-electron chi connectivity index (χ3n) is 5.74. The normalized spacial score (nSPS) is 12.7. The van der Waals surface area contributed by atoms with Crippen molar-refractivity contribution in [2.45, 2.75) is 104 Å². The van der Waals surface area contributed by atoms with Gasteiger partial charge < -0.3 is 18.8 Å². The van der Waals surface area contributed by atoms with Gasteiger partial charge in [0.15, 0.2) is 5.25 Å². The first-order valence-electron chi connectivity index (χ1n) is 13.2. The summed E-state index contributed by atoms with van der Waals surface area (Å²) in [5, 5.41) is 6.10. The van der Waals surface area contributed by atoms with E-state index in [-0.39, 0.29) is 114 Å². The fraction of sp³-hybridized carbons (Fsp3) is 0.833. The number of carbonyl (C=O) groups excluding carboxylic acids is 3. The monoisotopic (exact) mass is 692 g/mol. The third kappa shape index (κ3) is 32.4. The summed E-state index contributed by atoms with van der Waals surface area (Å²) in [4.78, 5) is 44.4. The first-order chi connectivity index (χ1) is 18.5. The summed E-state index contributed by atoms with van der Waals surface area (Å²) in [6.45, 7) is 8.35. The molecule has 14 nitrogen and oxygen atoms in total. The van der Waals surface area contributed by atoms with E-state index in [1.807, 2.05) is 13.8 Å². The summed E-state index contributed by atoms with van der Waals surface area (Å²) in [5.41, 5.74) is 0. The van der Waals surface area contributed by atoms with Crippen LogP contribution < -0.4 is 0 Å². The van der Waals surface area contributed by atoms with Crippen molar-refractivity contribution in [1.82, 2.24) is 0 Å². The summed E-state index contributed by atoms with van der Waals surface area (Å²) in [7, 11) is -9.58. The Bertz CT molecular complexity index is 991. The molecule has 0 aliphatic rings. The van der Waals surface area contributed by atoms with Crippen LogP contribution in [0.2, 0.25) is 0 Å². The van der Waals surface area contributed by atoms with E-state index in [1.54, 1.807) is 0 Å². The van der Waals surface area contributed by atoms with Crippen LogP contribution in [0.5, 0.6) is 0 Å². The van der Waals surface area contributed by atoms with Crippen LogP contribution >= 0.6 is 0 Å². The fourth-order valence-corrected chi connectivity index (χ4v) is 4.16. The molecule has 0 amide bonds. The SMILES string of the molecule is CCCCC(CC)COC(=O)CC(C(=O)OCC(CC)CCCC)S(=O)(=O)O.O=C(O)CCC(=O)OS(=O)(=O)O.[NaH].[NaH].[NaH]. The summed E-state index contributed by atoms with van der Waals surface area (Å²) in [6.07, 6.45) is 5.59. The number of carboxylic acid groups (broad SMARTS) is 1. The van der Waals surface area contributed by atoms with E-state index >= 15 is 0 Å². The maximum absolute atomic E-state index is 12.2. The predicted molar refractivity (Wildman–Crippen MR) is 164 cm³/mol. The molecule has 19 heteroatoms. The zero-order valence-electron chi connectivity index (χ0n) is 23.6. The van der Waals surface area contributed by atoms with Crippen molar-refractivity contribution in [3.8, 4) is 0 Å². The first-order valence-corrected chi connectivity index (χ1v) is 16.1. The second-order valence-corrected chi connectivity index (χ2v) is 11.8. The van der Waals surface area contributed by atoms with Gasteiger partial charge in [0.1, 0.15) is 0 Å². The van der Waals surface area contributed by atoms with Crippen molar-refractivity contribution in [1.29, 1.82) is 0 Å². The summed E-state index contributed by atoms with van der Waals surface area (Å²) < 4.78 is 73.8. The van der Waals surface area contributed by atoms with Gasteiger partial charge in [-0.15, -0.1) is 0 Å². The number of aliphatic carboxylic acids is 1. The van der Waals surface area contributed by atoms with Crippen LogP contribution in [0.15, 0.2) is 0 Å². The molecule has 0 aliphatic carbocycles. The zero-order chi connectivity index (χ0) is 31.4. The number of ether oxygens (including phenoxy) is 2. The molecule has 242 valence electrons. The standard InChI is InChI=1S/C20H38O7S.C4H6O7S.3Na.3H/c1-5-9-11-16(7-3)14-26-19(21)13-18(28(23,24)25)20(22)27-15-17(8-4)12-10-6-2;5-3(6)1-2-4(7)11-12(8,9)10;;;;;;/h16-18H,5-15H2,1-4H3,(H,23,24,25);1-2H2,(H,5,6)(H,8,9,10);;;;;;. The van der Waals surface area contributed by atoms with Crippen LogP contribution in [0.3, 0.4) is 0 Å². The number of hydrogen-bond acceptors (Lipinski definition) is 11. The molecule has 0 aromatic heterocycles. The number of carbonyl (C=O) groups is 4. The third-order valence-corrected chi connectivity index (χ3v) is 7.22. The molecule has 0 radical (unpaired) electrons. The molecular weight excluding hydrogens is 645 g/mol. The van der Waals surface area contributed by atoms with E-state index in [1.165, 1.54) is 0 Å². The van der Waals surface area contributed by atoms with E-state index in [0.29, 0.717) is 0 Å². The molecule has 0 aromatic rings. The quantitative estimate of drug-likeness (QED) is 0.0932. The van der Waals surface area contributed by atoms with E-state index in [4.69, 9.17) is 19.1 Å². The number of esters is 2. The minimum absolute atomic E-state index is 0. The second-order valence-electron chi connectivity index (χ2n) is 9.13. The Balaban J connectivity index is -0.000000273.